The Kier molecular flexibility index (Phi) is 4.77. The van der Waals surface area contributed by atoms with E-state index in [9.17, 15) is 35.1 Å². The summed E-state index contributed by atoms with van der Waals surface area (Å²) in [7, 11) is 0. The number of ether oxygens (including phenoxy) is 1. The fourth-order valence-corrected chi connectivity index (χ4v) is 0.741. The van der Waals surface area contributed by atoms with E-state index in [-0.39, 0.29) is 6.42 Å². The Morgan fingerprint density at radius 1 is 1.00 bits per heavy atom. The van der Waals surface area contributed by atoms with Crippen molar-refractivity contribution in [3.8, 4) is 0 Å². The molecule has 0 spiro atoms. The van der Waals surface area contributed by atoms with Crippen molar-refractivity contribution in [3.05, 3.63) is 0 Å². The van der Waals surface area contributed by atoms with E-state index in [1.165, 1.54) is 6.92 Å². The van der Waals surface area contributed by atoms with E-state index in [1.807, 2.05) is 0 Å². The number of halogens is 8. The summed E-state index contributed by atoms with van der Waals surface area (Å²) in [6, 6.07) is 0. The lowest BCUT2D eigenvalue weighted by molar-refractivity contribution is -0.420. The first-order chi connectivity index (χ1) is 7.40. The summed E-state index contributed by atoms with van der Waals surface area (Å²) in [4.78, 5) is 0. The molecule has 0 aliphatic carbocycles. The van der Waals surface area contributed by atoms with E-state index < -0.39 is 30.5 Å². The number of hydrogen-bond donors (Lipinski definition) is 0. The van der Waals surface area contributed by atoms with Crippen LogP contribution in [0.15, 0.2) is 0 Å². The maximum Gasteiger partial charge on any atom is 0.426 e. The van der Waals surface area contributed by atoms with Crippen molar-refractivity contribution < 1.29 is 39.9 Å². The predicted molar refractivity (Wildman–Crippen MR) is 41.7 cm³/mol. The van der Waals surface area contributed by atoms with Crippen molar-refractivity contribution >= 4 is 0 Å². The van der Waals surface area contributed by atoms with Gasteiger partial charge in [-0.2, -0.15) is 26.3 Å². The van der Waals surface area contributed by atoms with Gasteiger partial charge in [0, 0.05) is 0 Å². The van der Waals surface area contributed by atoms with Gasteiger partial charge in [-0.05, 0) is 13.3 Å². The SMILES string of the molecule is CCC(C)OC(F)(F)C(F)(F)C(F)(F)C(F)F. The summed E-state index contributed by atoms with van der Waals surface area (Å²) in [6.07, 6.45) is -12.3. The molecule has 1 nitrogen and oxygen atoms in total. The lowest BCUT2D eigenvalue weighted by atomic mass is 10.1. The first kappa shape index (κ1) is 16.4. The molecule has 0 aliphatic heterocycles. The number of alkyl halides is 8. The summed E-state index contributed by atoms with van der Waals surface area (Å²) in [5.41, 5.74) is 0. The zero-order valence-electron chi connectivity index (χ0n) is 8.79. The Bertz CT molecular complexity index is 252. The van der Waals surface area contributed by atoms with Gasteiger partial charge in [0.2, 0.25) is 0 Å². The molecule has 0 rings (SSSR count). The van der Waals surface area contributed by atoms with E-state index in [4.69, 9.17) is 0 Å². The Hall–Kier alpha value is -0.600. The second-order valence-corrected chi connectivity index (χ2v) is 3.35. The fourth-order valence-electron chi connectivity index (χ4n) is 0.741. The quantitative estimate of drug-likeness (QED) is 0.667. The topological polar surface area (TPSA) is 9.23 Å². The van der Waals surface area contributed by atoms with Crippen LogP contribution in [0.5, 0.6) is 0 Å². The molecule has 0 heterocycles. The minimum absolute atomic E-state index is 0.175. The molecule has 0 aromatic carbocycles. The maximum atomic E-state index is 12.7. The molecule has 1 atom stereocenters. The lowest BCUT2D eigenvalue weighted by Gasteiger charge is -2.32. The van der Waals surface area contributed by atoms with Crippen molar-refractivity contribution in [1.82, 2.24) is 0 Å². The maximum absolute atomic E-state index is 12.7. The van der Waals surface area contributed by atoms with Gasteiger partial charge in [-0.1, -0.05) is 6.92 Å². The van der Waals surface area contributed by atoms with Gasteiger partial charge in [-0.3, -0.25) is 0 Å². The molecular weight excluding hydrogens is 264 g/mol. The standard InChI is InChI=1S/C8H10F8O/c1-3-4(2)17-8(15,16)7(13,14)6(11,12)5(9)10/h4-5H,3H2,1-2H3. The molecule has 0 N–H and O–H groups in total. The van der Waals surface area contributed by atoms with Crippen LogP contribution < -0.4 is 0 Å². The lowest BCUT2D eigenvalue weighted by Crippen LogP contribution is -2.59. The van der Waals surface area contributed by atoms with E-state index in [0.29, 0.717) is 0 Å². The second kappa shape index (κ2) is 4.95. The first-order valence-corrected chi connectivity index (χ1v) is 4.49. The van der Waals surface area contributed by atoms with Crippen LogP contribution in [0.2, 0.25) is 0 Å². The Morgan fingerprint density at radius 3 is 1.71 bits per heavy atom. The van der Waals surface area contributed by atoms with E-state index in [0.717, 1.165) is 6.92 Å². The van der Waals surface area contributed by atoms with Crippen LogP contribution in [-0.4, -0.2) is 30.5 Å². The van der Waals surface area contributed by atoms with Gasteiger partial charge in [-0.25, -0.2) is 8.78 Å². The minimum atomic E-state index is -6.29. The van der Waals surface area contributed by atoms with Gasteiger partial charge < -0.3 is 4.74 Å². The molecule has 17 heavy (non-hydrogen) atoms. The molecule has 0 fully saturated rings. The van der Waals surface area contributed by atoms with Crippen LogP contribution in [0.25, 0.3) is 0 Å². The van der Waals surface area contributed by atoms with Gasteiger partial charge in [0.25, 0.3) is 0 Å². The third-order valence-corrected chi connectivity index (χ3v) is 1.98. The van der Waals surface area contributed by atoms with Gasteiger partial charge >= 0.3 is 24.4 Å². The molecular formula is C8H10F8O. The van der Waals surface area contributed by atoms with Crippen LogP contribution in [0.1, 0.15) is 20.3 Å². The third-order valence-electron chi connectivity index (χ3n) is 1.98. The summed E-state index contributed by atoms with van der Waals surface area (Å²) in [6.45, 7) is 2.19. The highest BCUT2D eigenvalue weighted by atomic mass is 19.4. The smallest absolute Gasteiger partial charge is 0.312 e. The van der Waals surface area contributed by atoms with Gasteiger partial charge in [0.05, 0.1) is 6.10 Å². The van der Waals surface area contributed by atoms with Crippen molar-refractivity contribution in [3.63, 3.8) is 0 Å². The molecule has 0 amide bonds. The van der Waals surface area contributed by atoms with Crippen molar-refractivity contribution in [2.24, 2.45) is 0 Å². The van der Waals surface area contributed by atoms with E-state index in [1.54, 1.807) is 0 Å². The average Bonchev–Trinajstić information content (AvgIpc) is 2.15. The van der Waals surface area contributed by atoms with Crippen LogP contribution in [0, 0.1) is 0 Å². The highest BCUT2D eigenvalue weighted by Gasteiger charge is 2.76. The molecule has 0 aromatic rings. The highest BCUT2D eigenvalue weighted by molar-refractivity contribution is 4.93. The zero-order valence-corrected chi connectivity index (χ0v) is 8.79. The largest absolute Gasteiger partial charge is 0.426 e. The van der Waals surface area contributed by atoms with Gasteiger partial charge in [0.15, 0.2) is 0 Å². The van der Waals surface area contributed by atoms with E-state index in [2.05, 4.69) is 4.74 Å². The highest BCUT2D eigenvalue weighted by Crippen LogP contribution is 2.49. The normalized spacial score (nSPS) is 16.4. The Labute approximate surface area is 91.7 Å². The average molecular weight is 274 g/mol. The van der Waals surface area contributed by atoms with Crippen LogP contribution in [0.3, 0.4) is 0 Å². The summed E-state index contributed by atoms with van der Waals surface area (Å²) in [5, 5.41) is 0. The zero-order chi connectivity index (χ0) is 14.1. The Balaban J connectivity index is 5.15. The Morgan fingerprint density at radius 2 is 1.41 bits per heavy atom. The molecule has 104 valence electrons. The molecule has 0 bridgehead atoms. The van der Waals surface area contributed by atoms with Gasteiger partial charge in [0.1, 0.15) is 0 Å². The predicted octanol–water partition coefficient (Wildman–Crippen LogP) is 3.93. The van der Waals surface area contributed by atoms with Crippen LogP contribution >= 0.6 is 0 Å². The number of hydrogen-bond acceptors (Lipinski definition) is 1. The molecule has 0 aromatic heterocycles. The molecule has 1 unspecified atom stereocenters. The molecule has 9 heteroatoms. The second-order valence-electron chi connectivity index (χ2n) is 3.35. The van der Waals surface area contributed by atoms with Crippen LogP contribution in [0.4, 0.5) is 35.1 Å². The van der Waals surface area contributed by atoms with E-state index >= 15 is 0 Å². The summed E-state index contributed by atoms with van der Waals surface area (Å²) >= 11 is 0. The fraction of sp³-hybridized carbons (Fsp3) is 1.00. The van der Waals surface area contributed by atoms with Crippen molar-refractivity contribution in [1.29, 1.82) is 0 Å². The minimum Gasteiger partial charge on any atom is -0.312 e. The molecule has 0 radical (unpaired) electrons. The number of rotatable bonds is 6. The summed E-state index contributed by atoms with van der Waals surface area (Å²) in [5.74, 6) is -12.5. The molecule has 0 saturated carbocycles. The van der Waals surface area contributed by atoms with Crippen molar-refractivity contribution in [2.45, 2.75) is 50.8 Å². The molecule has 0 aliphatic rings. The third kappa shape index (κ3) is 2.99. The summed E-state index contributed by atoms with van der Waals surface area (Å²) < 4.78 is 102. The molecule has 0 saturated heterocycles. The van der Waals surface area contributed by atoms with Crippen molar-refractivity contribution in [2.75, 3.05) is 0 Å². The van der Waals surface area contributed by atoms with Crippen LogP contribution in [-0.2, 0) is 4.74 Å². The van der Waals surface area contributed by atoms with Gasteiger partial charge in [-0.15, -0.1) is 0 Å². The first-order valence-electron chi connectivity index (χ1n) is 4.49. The monoisotopic (exact) mass is 274 g/mol.